The summed E-state index contributed by atoms with van der Waals surface area (Å²) < 4.78 is 0. The fourth-order valence-electron chi connectivity index (χ4n) is 3.23. The summed E-state index contributed by atoms with van der Waals surface area (Å²) in [6.45, 7) is 4.63. The van der Waals surface area contributed by atoms with Crippen molar-refractivity contribution in [1.29, 1.82) is 0 Å². The zero-order valence-electron chi connectivity index (χ0n) is 12.0. The van der Waals surface area contributed by atoms with Crippen LogP contribution < -0.4 is 11.1 Å². The van der Waals surface area contributed by atoms with E-state index < -0.39 is 0 Å². The molecule has 0 saturated carbocycles. The molecule has 0 bridgehead atoms. The largest absolute Gasteiger partial charge is 0.399 e. The van der Waals surface area contributed by atoms with Crippen molar-refractivity contribution in [3.05, 3.63) is 23.2 Å². The van der Waals surface area contributed by atoms with Crippen LogP contribution in [-0.4, -0.2) is 54.5 Å². The van der Waals surface area contributed by atoms with Gasteiger partial charge in [0.1, 0.15) is 0 Å². The smallest absolute Gasteiger partial charge is 0.238 e. The fraction of sp³-hybridized carbons (Fsp3) is 0.533. The highest BCUT2D eigenvalue weighted by Gasteiger charge is 2.31. The van der Waals surface area contributed by atoms with Gasteiger partial charge in [0, 0.05) is 31.4 Å². The molecule has 0 aliphatic carbocycles. The molecule has 2 aliphatic heterocycles. The molecule has 0 radical (unpaired) electrons. The maximum atomic E-state index is 12.2. The second-order valence-electron chi connectivity index (χ2n) is 5.85. The Morgan fingerprint density at radius 1 is 1.38 bits per heavy atom. The molecule has 1 amide bonds. The van der Waals surface area contributed by atoms with E-state index in [1.165, 1.54) is 19.4 Å². The summed E-state index contributed by atoms with van der Waals surface area (Å²) in [4.78, 5) is 16.9. The van der Waals surface area contributed by atoms with Gasteiger partial charge in [-0.2, -0.15) is 0 Å². The molecule has 6 heteroatoms. The lowest BCUT2D eigenvalue weighted by Crippen LogP contribution is -2.51. The van der Waals surface area contributed by atoms with Crippen molar-refractivity contribution < 1.29 is 4.79 Å². The molecule has 114 valence electrons. The molecule has 0 spiro atoms. The number of hydrogen-bond acceptors (Lipinski definition) is 4. The van der Waals surface area contributed by atoms with Gasteiger partial charge in [0.2, 0.25) is 5.91 Å². The van der Waals surface area contributed by atoms with Crippen LogP contribution in [0.25, 0.3) is 0 Å². The number of rotatable bonds is 3. The van der Waals surface area contributed by atoms with Gasteiger partial charge < -0.3 is 11.1 Å². The first-order valence-electron chi connectivity index (χ1n) is 7.43. The van der Waals surface area contributed by atoms with E-state index in [1.54, 1.807) is 18.2 Å². The summed E-state index contributed by atoms with van der Waals surface area (Å²) in [5.41, 5.74) is 6.90. The average molecular weight is 309 g/mol. The molecule has 2 fully saturated rings. The number of benzene rings is 1. The monoisotopic (exact) mass is 308 g/mol. The van der Waals surface area contributed by atoms with E-state index in [0.717, 1.165) is 19.6 Å². The van der Waals surface area contributed by atoms with Gasteiger partial charge in [0.15, 0.2) is 0 Å². The summed E-state index contributed by atoms with van der Waals surface area (Å²) in [6, 6.07) is 5.73. The third-order valence-corrected chi connectivity index (χ3v) is 4.63. The zero-order chi connectivity index (χ0) is 14.8. The second kappa shape index (κ2) is 6.22. The summed E-state index contributed by atoms with van der Waals surface area (Å²) in [5, 5.41) is 3.36. The predicted molar refractivity (Wildman–Crippen MR) is 85.5 cm³/mol. The highest BCUT2D eigenvalue weighted by molar-refractivity contribution is 6.33. The number of carbonyl (C=O) groups excluding carboxylic acids is 1. The third kappa shape index (κ3) is 3.48. The van der Waals surface area contributed by atoms with Gasteiger partial charge in [-0.25, -0.2) is 0 Å². The summed E-state index contributed by atoms with van der Waals surface area (Å²) in [7, 11) is 0. The topological polar surface area (TPSA) is 61.6 Å². The van der Waals surface area contributed by atoms with Gasteiger partial charge in [-0.1, -0.05) is 11.6 Å². The van der Waals surface area contributed by atoms with Crippen molar-refractivity contribution in [3.63, 3.8) is 0 Å². The van der Waals surface area contributed by atoms with E-state index in [2.05, 4.69) is 15.1 Å². The molecular weight excluding hydrogens is 288 g/mol. The summed E-state index contributed by atoms with van der Waals surface area (Å²) >= 11 is 6.07. The molecule has 1 atom stereocenters. The Kier molecular flexibility index (Phi) is 4.33. The number of fused-ring (bicyclic) bond motifs is 1. The first kappa shape index (κ1) is 14.6. The number of nitrogen functional groups attached to an aromatic ring is 1. The number of nitrogens with one attached hydrogen (secondary N) is 1. The van der Waals surface area contributed by atoms with E-state index >= 15 is 0 Å². The quantitative estimate of drug-likeness (QED) is 0.833. The van der Waals surface area contributed by atoms with Crippen LogP contribution in [0, 0.1) is 0 Å². The van der Waals surface area contributed by atoms with Crippen LogP contribution in [0.4, 0.5) is 11.4 Å². The highest BCUT2D eigenvalue weighted by atomic mass is 35.5. The molecular formula is C15H21ClN4O. The van der Waals surface area contributed by atoms with Gasteiger partial charge in [0.05, 0.1) is 17.3 Å². The van der Waals surface area contributed by atoms with Crippen LogP contribution in [0.5, 0.6) is 0 Å². The van der Waals surface area contributed by atoms with E-state index in [1.807, 2.05) is 0 Å². The van der Waals surface area contributed by atoms with Gasteiger partial charge in [0.25, 0.3) is 0 Å². The Hall–Kier alpha value is -1.30. The number of carbonyl (C=O) groups is 1. The first-order chi connectivity index (χ1) is 10.1. The Morgan fingerprint density at radius 3 is 3.10 bits per heavy atom. The van der Waals surface area contributed by atoms with Crippen LogP contribution in [0.2, 0.25) is 5.02 Å². The van der Waals surface area contributed by atoms with Gasteiger partial charge in [-0.05, 0) is 37.6 Å². The van der Waals surface area contributed by atoms with E-state index in [4.69, 9.17) is 17.3 Å². The Morgan fingerprint density at radius 2 is 2.24 bits per heavy atom. The molecule has 3 rings (SSSR count). The van der Waals surface area contributed by atoms with Crippen molar-refractivity contribution in [3.8, 4) is 0 Å². The van der Waals surface area contributed by atoms with E-state index in [-0.39, 0.29) is 5.91 Å². The number of piperazine rings is 1. The zero-order valence-corrected chi connectivity index (χ0v) is 12.8. The Labute approximate surface area is 130 Å². The number of amides is 1. The maximum Gasteiger partial charge on any atom is 0.238 e. The maximum absolute atomic E-state index is 12.2. The normalized spacial score (nSPS) is 23.0. The molecule has 3 N–H and O–H groups in total. The van der Waals surface area contributed by atoms with E-state index in [0.29, 0.717) is 29.0 Å². The highest BCUT2D eigenvalue weighted by Crippen LogP contribution is 2.24. The van der Waals surface area contributed by atoms with Crippen molar-refractivity contribution in [1.82, 2.24) is 9.80 Å². The van der Waals surface area contributed by atoms with Gasteiger partial charge >= 0.3 is 0 Å². The van der Waals surface area contributed by atoms with Gasteiger partial charge in [-0.15, -0.1) is 0 Å². The number of nitrogens with zero attached hydrogens (tertiary/aromatic N) is 2. The molecule has 1 aromatic rings. The molecule has 1 unspecified atom stereocenters. The number of anilines is 2. The Bertz CT molecular complexity index is 536. The van der Waals surface area contributed by atoms with E-state index in [9.17, 15) is 4.79 Å². The van der Waals surface area contributed by atoms with Crippen molar-refractivity contribution >= 4 is 28.9 Å². The van der Waals surface area contributed by atoms with Crippen molar-refractivity contribution in [2.24, 2.45) is 0 Å². The van der Waals surface area contributed by atoms with Crippen LogP contribution in [0.15, 0.2) is 18.2 Å². The van der Waals surface area contributed by atoms with Crippen molar-refractivity contribution in [2.75, 3.05) is 43.8 Å². The summed E-state index contributed by atoms with van der Waals surface area (Å²) in [5.74, 6) is -0.0334. The Balaban J connectivity index is 1.55. The lowest BCUT2D eigenvalue weighted by atomic mass is 10.1. The minimum atomic E-state index is -0.0334. The molecule has 2 heterocycles. The molecule has 2 saturated heterocycles. The minimum absolute atomic E-state index is 0.0334. The lowest BCUT2D eigenvalue weighted by Gasteiger charge is -2.37. The lowest BCUT2D eigenvalue weighted by molar-refractivity contribution is -0.117. The first-order valence-corrected chi connectivity index (χ1v) is 7.81. The molecule has 2 aliphatic rings. The molecule has 21 heavy (non-hydrogen) atoms. The van der Waals surface area contributed by atoms with Crippen molar-refractivity contribution in [2.45, 2.75) is 18.9 Å². The fourth-order valence-corrected chi connectivity index (χ4v) is 3.40. The SMILES string of the molecule is Nc1ccc(Cl)c(NC(=O)CN2CCN3CCCC3C2)c1. The number of nitrogens with two attached hydrogens (primary N) is 1. The second-order valence-corrected chi connectivity index (χ2v) is 6.26. The predicted octanol–water partition coefficient (Wildman–Crippen LogP) is 1.64. The third-order valence-electron chi connectivity index (χ3n) is 4.30. The van der Waals surface area contributed by atoms with Gasteiger partial charge in [-0.3, -0.25) is 14.6 Å². The molecule has 1 aromatic carbocycles. The molecule has 5 nitrogen and oxygen atoms in total. The number of hydrogen-bond donors (Lipinski definition) is 2. The molecule has 0 aromatic heterocycles. The standard InChI is InChI=1S/C15H21ClN4O/c16-13-4-3-11(17)8-14(13)18-15(21)10-19-6-7-20-5-1-2-12(20)9-19/h3-4,8,12H,1-2,5-7,9-10,17H2,(H,18,21). The van der Waals surface area contributed by atoms with Crippen LogP contribution in [0.1, 0.15) is 12.8 Å². The van der Waals surface area contributed by atoms with Crippen LogP contribution in [0.3, 0.4) is 0 Å². The minimum Gasteiger partial charge on any atom is -0.399 e. The summed E-state index contributed by atoms with van der Waals surface area (Å²) in [6.07, 6.45) is 2.53. The number of halogens is 1. The van der Waals surface area contributed by atoms with Crippen LogP contribution in [-0.2, 0) is 4.79 Å². The average Bonchev–Trinajstić information content (AvgIpc) is 2.90. The van der Waals surface area contributed by atoms with Crippen LogP contribution >= 0.6 is 11.6 Å².